The molecule has 0 unspecified atom stereocenters. The van der Waals surface area contributed by atoms with Crippen LogP contribution < -0.4 is 9.64 Å². The van der Waals surface area contributed by atoms with Gasteiger partial charge in [-0.3, -0.25) is 4.79 Å². The minimum Gasteiger partial charge on any atom is -0.497 e. The Hall–Kier alpha value is -2.33. The number of piperidine rings is 1. The van der Waals surface area contributed by atoms with Gasteiger partial charge in [-0.05, 0) is 68.1 Å². The van der Waals surface area contributed by atoms with Crippen LogP contribution in [-0.2, 0) is 11.2 Å². The monoisotopic (exact) mass is 380 g/mol. The zero-order valence-electron chi connectivity index (χ0n) is 17.1. The summed E-state index contributed by atoms with van der Waals surface area (Å²) in [6.45, 7) is 5.83. The molecular weight excluding hydrogens is 348 g/mol. The Kier molecular flexibility index (Phi) is 7.49. The highest BCUT2D eigenvalue weighted by Crippen LogP contribution is 2.23. The standard InChI is InChI=1S/C24H32N2O2/c1-3-24(27)26(22-9-11-23(28-2)12-10-22)18-17-25-15-13-21(14-16-25)19-20-7-5-4-6-8-20/h4-12,21H,3,13-19H2,1-2H3. The van der Waals surface area contributed by atoms with Crippen LogP contribution in [0, 0.1) is 5.92 Å². The molecular formula is C24H32N2O2. The SMILES string of the molecule is CCC(=O)N(CCN1CCC(Cc2ccccc2)CC1)c1ccc(OC)cc1. The second-order valence-electron chi connectivity index (χ2n) is 7.57. The van der Waals surface area contributed by atoms with Crippen LogP contribution in [0.1, 0.15) is 31.7 Å². The van der Waals surface area contributed by atoms with Crippen LogP contribution >= 0.6 is 0 Å². The molecule has 0 spiro atoms. The lowest BCUT2D eigenvalue weighted by atomic mass is 9.90. The van der Waals surface area contributed by atoms with Gasteiger partial charge >= 0.3 is 0 Å². The molecule has 150 valence electrons. The van der Waals surface area contributed by atoms with Crippen molar-refractivity contribution in [1.82, 2.24) is 4.90 Å². The summed E-state index contributed by atoms with van der Waals surface area (Å²) in [7, 11) is 1.66. The molecule has 0 atom stereocenters. The van der Waals surface area contributed by atoms with Gasteiger partial charge < -0.3 is 14.5 Å². The number of amides is 1. The lowest BCUT2D eigenvalue weighted by molar-refractivity contribution is -0.118. The molecule has 1 fully saturated rings. The number of hydrogen-bond acceptors (Lipinski definition) is 3. The highest BCUT2D eigenvalue weighted by atomic mass is 16.5. The molecule has 1 aliphatic rings. The third kappa shape index (κ3) is 5.59. The topological polar surface area (TPSA) is 32.8 Å². The van der Waals surface area contributed by atoms with E-state index >= 15 is 0 Å². The van der Waals surface area contributed by atoms with E-state index in [-0.39, 0.29) is 5.91 Å². The minimum atomic E-state index is 0.170. The van der Waals surface area contributed by atoms with E-state index in [2.05, 4.69) is 35.2 Å². The van der Waals surface area contributed by atoms with Gasteiger partial charge in [0.2, 0.25) is 5.91 Å². The van der Waals surface area contributed by atoms with Crippen LogP contribution in [-0.4, -0.2) is 44.1 Å². The number of benzene rings is 2. The molecule has 0 bridgehead atoms. The fraction of sp³-hybridized carbons (Fsp3) is 0.458. The maximum absolute atomic E-state index is 12.5. The summed E-state index contributed by atoms with van der Waals surface area (Å²) >= 11 is 0. The van der Waals surface area contributed by atoms with Gasteiger partial charge in [-0.1, -0.05) is 37.3 Å². The summed E-state index contributed by atoms with van der Waals surface area (Å²) in [6.07, 6.45) is 4.17. The van der Waals surface area contributed by atoms with Gasteiger partial charge in [0.25, 0.3) is 0 Å². The summed E-state index contributed by atoms with van der Waals surface area (Å²) in [4.78, 5) is 16.9. The Morgan fingerprint density at radius 3 is 2.36 bits per heavy atom. The van der Waals surface area contributed by atoms with Crippen LogP contribution in [0.15, 0.2) is 54.6 Å². The van der Waals surface area contributed by atoms with Crippen molar-refractivity contribution in [3.05, 3.63) is 60.2 Å². The Morgan fingerprint density at radius 2 is 1.75 bits per heavy atom. The molecule has 0 aromatic heterocycles. The number of rotatable bonds is 8. The summed E-state index contributed by atoms with van der Waals surface area (Å²) in [5.74, 6) is 1.76. The number of anilines is 1. The zero-order valence-corrected chi connectivity index (χ0v) is 17.1. The molecule has 1 aliphatic heterocycles. The number of methoxy groups -OCH3 is 1. The predicted octanol–water partition coefficient (Wildman–Crippen LogP) is 4.39. The molecule has 1 amide bonds. The maximum Gasteiger partial charge on any atom is 0.226 e. The van der Waals surface area contributed by atoms with Crippen molar-refractivity contribution >= 4 is 11.6 Å². The van der Waals surface area contributed by atoms with Gasteiger partial charge in [0.1, 0.15) is 5.75 Å². The van der Waals surface area contributed by atoms with Crippen LogP contribution in [0.5, 0.6) is 5.75 Å². The quantitative estimate of drug-likeness (QED) is 0.681. The number of ether oxygens (including phenoxy) is 1. The second kappa shape index (κ2) is 10.3. The van der Waals surface area contributed by atoms with E-state index in [0.29, 0.717) is 6.42 Å². The van der Waals surface area contributed by atoms with Crippen molar-refractivity contribution in [2.45, 2.75) is 32.6 Å². The zero-order chi connectivity index (χ0) is 19.8. The second-order valence-corrected chi connectivity index (χ2v) is 7.57. The van der Waals surface area contributed by atoms with Gasteiger partial charge in [-0.15, -0.1) is 0 Å². The van der Waals surface area contributed by atoms with Crippen molar-refractivity contribution in [3.63, 3.8) is 0 Å². The van der Waals surface area contributed by atoms with Crippen molar-refractivity contribution in [2.75, 3.05) is 38.2 Å². The molecule has 0 aliphatic carbocycles. The van der Waals surface area contributed by atoms with Gasteiger partial charge in [-0.25, -0.2) is 0 Å². The van der Waals surface area contributed by atoms with Gasteiger partial charge in [-0.2, -0.15) is 0 Å². The molecule has 3 rings (SSSR count). The Morgan fingerprint density at radius 1 is 1.07 bits per heavy atom. The first-order valence-corrected chi connectivity index (χ1v) is 10.4. The molecule has 2 aromatic carbocycles. The third-order valence-corrected chi connectivity index (χ3v) is 5.70. The fourth-order valence-corrected chi connectivity index (χ4v) is 3.95. The number of carbonyl (C=O) groups is 1. The minimum absolute atomic E-state index is 0.170. The van der Waals surface area contributed by atoms with Crippen molar-refractivity contribution in [1.29, 1.82) is 0 Å². The number of hydrogen-bond donors (Lipinski definition) is 0. The average molecular weight is 381 g/mol. The Labute approximate surface area is 169 Å². The maximum atomic E-state index is 12.5. The molecule has 2 aromatic rings. The van der Waals surface area contributed by atoms with Crippen LogP contribution in [0.2, 0.25) is 0 Å². The van der Waals surface area contributed by atoms with Crippen molar-refractivity contribution in [3.8, 4) is 5.75 Å². The molecule has 0 N–H and O–H groups in total. The summed E-state index contributed by atoms with van der Waals surface area (Å²) in [5, 5.41) is 0. The predicted molar refractivity (Wildman–Crippen MR) is 115 cm³/mol. The van der Waals surface area contributed by atoms with E-state index in [4.69, 9.17) is 4.74 Å². The molecule has 28 heavy (non-hydrogen) atoms. The molecule has 4 nitrogen and oxygen atoms in total. The number of nitrogens with zero attached hydrogens (tertiary/aromatic N) is 2. The third-order valence-electron chi connectivity index (χ3n) is 5.70. The Bertz CT molecular complexity index is 722. The largest absolute Gasteiger partial charge is 0.497 e. The van der Waals surface area contributed by atoms with Crippen LogP contribution in [0.4, 0.5) is 5.69 Å². The fourth-order valence-electron chi connectivity index (χ4n) is 3.95. The number of likely N-dealkylation sites (tertiary alicyclic amines) is 1. The summed E-state index contributed by atoms with van der Waals surface area (Å²) in [5.41, 5.74) is 2.40. The lowest BCUT2D eigenvalue weighted by Gasteiger charge is -2.33. The normalized spacial score (nSPS) is 15.4. The molecule has 1 saturated heterocycles. The average Bonchev–Trinajstić information content (AvgIpc) is 2.76. The van der Waals surface area contributed by atoms with Crippen molar-refractivity contribution < 1.29 is 9.53 Å². The van der Waals surface area contributed by atoms with Crippen LogP contribution in [0.25, 0.3) is 0 Å². The first kappa shape index (κ1) is 20.4. The van der Waals surface area contributed by atoms with Gasteiger partial charge in [0.05, 0.1) is 7.11 Å². The van der Waals surface area contributed by atoms with Gasteiger partial charge in [0.15, 0.2) is 0 Å². The smallest absolute Gasteiger partial charge is 0.226 e. The molecule has 4 heteroatoms. The van der Waals surface area contributed by atoms with E-state index in [1.165, 1.54) is 24.8 Å². The molecule has 0 radical (unpaired) electrons. The highest BCUT2D eigenvalue weighted by molar-refractivity contribution is 5.93. The van der Waals surface area contributed by atoms with E-state index in [1.54, 1.807) is 7.11 Å². The summed E-state index contributed by atoms with van der Waals surface area (Å²) in [6, 6.07) is 18.6. The molecule has 1 heterocycles. The summed E-state index contributed by atoms with van der Waals surface area (Å²) < 4.78 is 5.23. The van der Waals surface area contributed by atoms with Gasteiger partial charge in [0, 0.05) is 25.2 Å². The van der Waals surface area contributed by atoms with E-state index < -0.39 is 0 Å². The highest BCUT2D eigenvalue weighted by Gasteiger charge is 2.21. The van der Waals surface area contributed by atoms with E-state index in [0.717, 1.165) is 43.5 Å². The Balaban J connectivity index is 1.50. The lowest BCUT2D eigenvalue weighted by Crippen LogP contribution is -2.42. The number of carbonyl (C=O) groups excluding carboxylic acids is 1. The first-order chi connectivity index (χ1) is 13.7. The van der Waals surface area contributed by atoms with E-state index in [1.807, 2.05) is 36.1 Å². The van der Waals surface area contributed by atoms with Crippen LogP contribution in [0.3, 0.4) is 0 Å². The van der Waals surface area contributed by atoms with Crippen molar-refractivity contribution in [2.24, 2.45) is 5.92 Å². The first-order valence-electron chi connectivity index (χ1n) is 10.4. The van der Waals surface area contributed by atoms with E-state index in [9.17, 15) is 4.79 Å². The molecule has 0 saturated carbocycles.